The van der Waals surface area contributed by atoms with Crippen LogP contribution in [0.15, 0.2) is 4.99 Å². The molecule has 2 unspecified atom stereocenters. The van der Waals surface area contributed by atoms with E-state index in [1.165, 1.54) is 25.0 Å². The summed E-state index contributed by atoms with van der Waals surface area (Å²) < 4.78 is 0. The maximum absolute atomic E-state index is 4.38. The fourth-order valence-electron chi connectivity index (χ4n) is 3.43. The van der Waals surface area contributed by atoms with Gasteiger partial charge in [-0.2, -0.15) is 11.8 Å². The molecule has 1 aliphatic carbocycles. The van der Waals surface area contributed by atoms with E-state index in [2.05, 4.69) is 66.9 Å². The van der Waals surface area contributed by atoms with Crippen LogP contribution < -0.4 is 10.6 Å². The molecule has 1 rings (SSSR count). The second-order valence-corrected chi connectivity index (χ2v) is 8.59. The van der Waals surface area contributed by atoms with Crippen molar-refractivity contribution in [2.75, 3.05) is 25.9 Å². The lowest BCUT2D eigenvalue weighted by molar-refractivity contribution is 0.173. The van der Waals surface area contributed by atoms with Crippen LogP contribution in [0.5, 0.6) is 0 Å². The molecule has 0 amide bonds. The fraction of sp³-hybridized carbons (Fsp3) is 0.944. The molecule has 136 valence electrons. The number of thioether (sulfide) groups is 1. The first-order valence-corrected chi connectivity index (χ1v) is 10.4. The van der Waals surface area contributed by atoms with Gasteiger partial charge in [0.25, 0.3) is 0 Å². The van der Waals surface area contributed by atoms with E-state index in [-0.39, 0.29) is 0 Å². The van der Waals surface area contributed by atoms with Crippen LogP contribution in [0.1, 0.15) is 60.3 Å². The Balaban J connectivity index is 2.24. The third kappa shape index (κ3) is 7.79. The maximum atomic E-state index is 4.38. The van der Waals surface area contributed by atoms with E-state index >= 15 is 0 Å². The SMILES string of the molecule is CCSC1CCC(NC(=NC)NCCCN(C(C)C)C(C)C)C1. The number of nitrogens with one attached hydrogen (secondary N) is 2. The van der Waals surface area contributed by atoms with Crippen molar-refractivity contribution in [3.8, 4) is 0 Å². The summed E-state index contributed by atoms with van der Waals surface area (Å²) in [6.07, 6.45) is 5.03. The van der Waals surface area contributed by atoms with Gasteiger partial charge in [0.15, 0.2) is 5.96 Å². The number of hydrogen-bond donors (Lipinski definition) is 2. The molecule has 2 atom stereocenters. The molecule has 23 heavy (non-hydrogen) atoms. The summed E-state index contributed by atoms with van der Waals surface area (Å²) in [4.78, 5) is 6.93. The van der Waals surface area contributed by atoms with Gasteiger partial charge in [-0.05, 0) is 59.1 Å². The van der Waals surface area contributed by atoms with E-state index in [1.54, 1.807) is 0 Å². The minimum absolute atomic E-state index is 0.591. The lowest BCUT2D eigenvalue weighted by Crippen LogP contribution is -2.44. The number of rotatable bonds is 9. The van der Waals surface area contributed by atoms with Crippen molar-refractivity contribution in [1.82, 2.24) is 15.5 Å². The Labute approximate surface area is 148 Å². The van der Waals surface area contributed by atoms with Crippen LogP contribution >= 0.6 is 11.8 Å². The monoisotopic (exact) mass is 342 g/mol. The lowest BCUT2D eigenvalue weighted by atomic mass is 10.2. The Hall–Kier alpha value is -0.420. The van der Waals surface area contributed by atoms with Gasteiger partial charge in [-0.1, -0.05) is 6.92 Å². The van der Waals surface area contributed by atoms with Gasteiger partial charge in [-0.25, -0.2) is 0 Å². The summed E-state index contributed by atoms with van der Waals surface area (Å²) in [5.74, 6) is 2.20. The Morgan fingerprint density at radius 2 is 1.91 bits per heavy atom. The lowest BCUT2D eigenvalue weighted by Gasteiger charge is -2.30. The van der Waals surface area contributed by atoms with E-state index in [0.29, 0.717) is 18.1 Å². The average molecular weight is 343 g/mol. The molecule has 0 aromatic carbocycles. The number of nitrogens with zero attached hydrogens (tertiary/aromatic N) is 2. The third-order valence-corrected chi connectivity index (χ3v) is 5.80. The average Bonchev–Trinajstić information content (AvgIpc) is 2.92. The highest BCUT2D eigenvalue weighted by Crippen LogP contribution is 2.29. The van der Waals surface area contributed by atoms with Crippen LogP contribution in [-0.4, -0.2) is 60.1 Å². The highest BCUT2D eigenvalue weighted by Gasteiger charge is 2.25. The minimum atomic E-state index is 0.591. The molecule has 0 spiro atoms. The van der Waals surface area contributed by atoms with Gasteiger partial charge in [0, 0.05) is 43.5 Å². The highest BCUT2D eigenvalue weighted by molar-refractivity contribution is 7.99. The molecule has 2 N–H and O–H groups in total. The predicted molar refractivity (Wildman–Crippen MR) is 106 cm³/mol. The molecule has 0 heterocycles. The molecule has 1 fully saturated rings. The zero-order valence-corrected chi connectivity index (χ0v) is 16.9. The van der Waals surface area contributed by atoms with Gasteiger partial charge in [0.05, 0.1) is 0 Å². The van der Waals surface area contributed by atoms with Crippen LogP contribution in [-0.2, 0) is 0 Å². The Bertz CT molecular complexity index is 336. The standard InChI is InChI=1S/C18H38N4S/c1-7-23-17-10-9-16(13-17)21-18(19-6)20-11-8-12-22(14(2)3)15(4)5/h14-17H,7-13H2,1-6H3,(H2,19,20,21). The molecule has 0 radical (unpaired) electrons. The molecule has 0 aliphatic heterocycles. The quantitative estimate of drug-likeness (QED) is 0.383. The van der Waals surface area contributed by atoms with E-state index < -0.39 is 0 Å². The van der Waals surface area contributed by atoms with Crippen molar-refractivity contribution in [2.45, 2.75) is 83.7 Å². The first-order valence-electron chi connectivity index (χ1n) is 9.32. The van der Waals surface area contributed by atoms with E-state index in [4.69, 9.17) is 0 Å². The topological polar surface area (TPSA) is 39.7 Å². The van der Waals surface area contributed by atoms with E-state index in [0.717, 1.165) is 30.7 Å². The largest absolute Gasteiger partial charge is 0.356 e. The van der Waals surface area contributed by atoms with Crippen molar-refractivity contribution in [3.63, 3.8) is 0 Å². The molecule has 0 saturated heterocycles. The zero-order chi connectivity index (χ0) is 17.2. The summed E-state index contributed by atoms with van der Waals surface area (Å²) >= 11 is 2.10. The Morgan fingerprint density at radius 3 is 2.48 bits per heavy atom. The first kappa shape index (κ1) is 20.6. The fourth-order valence-corrected chi connectivity index (χ4v) is 4.57. The maximum Gasteiger partial charge on any atom is 0.191 e. The van der Waals surface area contributed by atoms with Crippen molar-refractivity contribution in [2.24, 2.45) is 4.99 Å². The normalized spacial score (nSPS) is 22.4. The van der Waals surface area contributed by atoms with Crippen molar-refractivity contribution in [1.29, 1.82) is 0 Å². The molecular weight excluding hydrogens is 304 g/mol. The van der Waals surface area contributed by atoms with Crippen LogP contribution in [0.3, 0.4) is 0 Å². The van der Waals surface area contributed by atoms with Crippen molar-refractivity contribution in [3.05, 3.63) is 0 Å². The van der Waals surface area contributed by atoms with Crippen LogP contribution in [0.4, 0.5) is 0 Å². The van der Waals surface area contributed by atoms with Gasteiger partial charge < -0.3 is 10.6 Å². The van der Waals surface area contributed by atoms with Crippen LogP contribution in [0.2, 0.25) is 0 Å². The molecule has 1 saturated carbocycles. The van der Waals surface area contributed by atoms with Gasteiger partial charge >= 0.3 is 0 Å². The summed E-state index contributed by atoms with van der Waals surface area (Å²) in [6.45, 7) is 13.5. The molecule has 4 nitrogen and oxygen atoms in total. The van der Waals surface area contributed by atoms with Gasteiger partial charge in [0.2, 0.25) is 0 Å². The van der Waals surface area contributed by atoms with Gasteiger partial charge in [0.1, 0.15) is 0 Å². The first-order chi connectivity index (χ1) is 11.0. The smallest absolute Gasteiger partial charge is 0.191 e. The summed E-state index contributed by atoms with van der Waals surface area (Å²) in [5, 5.41) is 7.92. The number of hydrogen-bond acceptors (Lipinski definition) is 3. The van der Waals surface area contributed by atoms with Crippen molar-refractivity contribution < 1.29 is 0 Å². The third-order valence-electron chi connectivity index (χ3n) is 4.56. The Morgan fingerprint density at radius 1 is 1.22 bits per heavy atom. The Kier molecular flexibility index (Phi) is 10.0. The molecule has 0 aromatic rings. The molecule has 0 bridgehead atoms. The second-order valence-electron chi connectivity index (χ2n) is 7.01. The summed E-state index contributed by atoms with van der Waals surface area (Å²) in [5.41, 5.74) is 0. The number of aliphatic imine (C=N–C) groups is 1. The molecule has 5 heteroatoms. The van der Waals surface area contributed by atoms with Crippen LogP contribution in [0.25, 0.3) is 0 Å². The number of guanidine groups is 1. The van der Waals surface area contributed by atoms with Crippen LogP contribution in [0, 0.1) is 0 Å². The molecule has 0 aromatic heterocycles. The predicted octanol–water partition coefficient (Wildman–Crippen LogP) is 3.33. The van der Waals surface area contributed by atoms with E-state index in [9.17, 15) is 0 Å². The van der Waals surface area contributed by atoms with E-state index in [1.807, 2.05) is 7.05 Å². The highest BCUT2D eigenvalue weighted by atomic mass is 32.2. The second kappa shape index (κ2) is 11.2. The zero-order valence-electron chi connectivity index (χ0n) is 16.1. The van der Waals surface area contributed by atoms with Gasteiger partial charge in [-0.15, -0.1) is 0 Å². The summed E-state index contributed by atoms with van der Waals surface area (Å²) in [6, 6.07) is 1.81. The van der Waals surface area contributed by atoms with Crippen molar-refractivity contribution >= 4 is 17.7 Å². The summed E-state index contributed by atoms with van der Waals surface area (Å²) in [7, 11) is 1.87. The molecular formula is C18H38N4S. The molecule has 1 aliphatic rings. The minimum Gasteiger partial charge on any atom is -0.356 e. The van der Waals surface area contributed by atoms with Gasteiger partial charge in [-0.3, -0.25) is 9.89 Å².